The maximum Gasteiger partial charge on any atom is 0.191 e. The molecule has 2 heterocycles. The number of aliphatic imine (C=N–C) groups is 1. The molecule has 6 nitrogen and oxygen atoms in total. The van der Waals surface area contributed by atoms with Crippen molar-refractivity contribution in [3.05, 3.63) is 39.2 Å². The second-order valence-corrected chi connectivity index (χ2v) is 7.18. The van der Waals surface area contributed by atoms with Crippen molar-refractivity contribution in [1.82, 2.24) is 15.6 Å². The Morgan fingerprint density at radius 2 is 2.08 bits per heavy atom. The van der Waals surface area contributed by atoms with Gasteiger partial charge in [-0.2, -0.15) is 0 Å². The van der Waals surface area contributed by atoms with Gasteiger partial charge in [0.2, 0.25) is 0 Å². The molecular weight excluding hydrogens is 463 g/mol. The molecule has 0 aliphatic heterocycles. The Bertz CT molecular complexity index is 725. The molecule has 146 valence electrons. The van der Waals surface area contributed by atoms with Crippen LogP contribution in [0.4, 0.5) is 0 Å². The van der Waals surface area contributed by atoms with Gasteiger partial charge in [-0.25, -0.2) is 9.98 Å². The lowest BCUT2D eigenvalue weighted by Gasteiger charge is -2.24. The van der Waals surface area contributed by atoms with Gasteiger partial charge in [0.05, 0.1) is 23.8 Å². The monoisotopic (exact) mass is 492 g/mol. The van der Waals surface area contributed by atoms with Crippen LogP contribution in [0.5, 0.6) is 0 Å². The molecule has 3 N–H and O–H groups in total. The van der Waals surface area contributed by atoms with Gasteiger partial charge in [-0.15, -0.1) is 35.3 Å². The summed E-state index contributed by atoms with van der Waals surface area (Å²) in [5.74, 6) is 2.19. The predicted octanol–water partition coefficient (Wildman–Crippen LogP) is 3.50. The SMILES string of the molecule is CCNC(=NCc1csc(CC)n1)NCC(C)(O)c1cc(C)oc1C.I. The summed E-state index contributed by atoms with van der Waals surface area (Å²) in [7, 11) is 0. The van der Waals surface area contributed by atoms with Gasteiger partial charge in [0.15, 0.2) is 5.96 Å². The smallest absolute Gasteiger partial charge is 0.191 e. The number of furan rings is 1. The molecule has 2 aromatic heterocycles. The average Bonchev–Trinajstić information content (AvgIpc) is 3.16. The Hall–Kier alpha value is -1.13. The van der Waals surface area contributed by atoms with E-state index in [-0.39, 0.29) is 24.0 Å². The summed E-state index contributed by atoms with van der Waals surface area (Å²) < 4.78 is 5.53. The first-order chi connectivity index (χ1) is 11.9. The van der Waals surface area contributed by atoms with Crippen molar-refractivity contribution >= 4 is 41.3 Å². The number of nitrogens with zero attached hydrogens (tertiary/aromatic N) is 2. The number of nitrogens with one attached hydrogen (secondary N) is 2. The predicted molar refractivity (Wildman–Crippen MR) is 117 cm³/mol. The minimum Gasteiger partial charge on any atom is -0.466 e. The van der Waals surface area contributed by atoms with Gasteiger partial charge in [0.1, 0.15) is 17.1 Å². The highest BCUT2D eigenvalue weighted by molar-refractivity contribution is 14.0. The van der Waals surface area contributed by atoms with Crippen molar-refractivity contribution in [1.29, 1.82) is 0 Å². The van der Waals surface area contributed by atoms with Gasteiger partial charge >= 0.3 is 0 Å². The lowest BCUT2D eigenvalue weighted by molar-refractivity contribution is 0.0601. The van der Waals surface area contributed by atoms with Crippen molar-refractivity contribution in [3.8, 4) is 0 Å². The number of aliphatic hydroxyl groups is 1. The molecule has 0 aliphatic carbocycles. The van der Waals surface area contributed by atoms with Crippen LogP contribution in [0.1, 0.15) is 48.6 Å². The molecule has 0 radical (unpaired) electrons. The number of halogens is 1. The molecule has 2 aromatic rings. The van der Waals surface area contributed by atoms with Gasteiger partial charge in [0, 0.05) is 17.5 Å². The van der Waals surface area contributed by atoms with E-state index in [1.165, 1.54) is 0 Å². The Morgan fingerprint density at radius 1 is 1.35 bits per heavy atom. The van der Waals surface area contributed by atoms with Crippen molar-refractivity contribution < 1.29 is 9.52 Å². The molecule has 8 heteroatoms. The number of rotatable bonds is 7. The third-order valence-corrected chi connectivity index (χ3v) is 4.91. The molecule has 0 spiro atoms. The maximum absolute atomic E-state index is 10.8. The van der Waals surface area contributed by atoms with Gasteiger partial charge in [0.25, 0.3) is 0 Å². The summed E-state index contributed by atoms with van der Waals surface area (Å²) in [6.45, 7) is 11.2. The number of thiazole rings is 1. The van der Waals surface area contributed by atoms with Crippen molar-refractivity contribution in [2.75, 3.05) is 13.1 Å². The zero-order valence-corrected chi connectivity index (χ0v) is 19.2. The molecule has 0 amide bonds. The number of hydrogen-bond acceptors (Lipinski definition) is 5. The minimum atomic E-state index is -1.05. The highest BCUT2D eigenvalue weighted by Gasteiger charge is 2.27. The summed E-state index contributed by atoms with van der Waals surface area (Å²) in [5.41, 5.74) is 0.709. The molecular formula is C18H29IN4O2S. The number of aromatic nitrogens is 1. The summed E-state index contributed by atoms with van der Waals surface area (Å²) in [6, 6.07) is 1.88. The molecule has 0 aromatic carbocycles. The van der Waals surface area contributed by atoms with Gasteiger partial charge < -0.3 is 20.2 Å². The quantitative estimate of drug-likeness (QED) is 0.313. The Balaban J connectivity index is 0.00000338. The largest absolute Gasteiger partial charge is 0.466 e. The Labute approximate surface area is 176 Å². The fourth-order valence-corrected chi connectivity index (χ4v) is 3.34. The standard InChI is InChI=1S/C18H28N4O2S.HI/c1-6-16-22-14(10-25-16)9-20-17(19-7-2)21-11-18(5,23)15-8-12(3)24-13(15)4;/h8,10,23H,6-7,9,11H2,1-5H3,(H2,19,20,21);1H. The van der Waals surface area contributed by atoms with Crippen LogP contribution in [0.25, 0.3) is 0 Å². The van der Waals surface area contributed by atoms with Crippen LogP contribution in [-0.2, 0) is 18.6 Å². The highest BCUT2D eigenvalue weighted by Crippen LogP contribution is 2.26. The molecule has 0 bridgehead atoms. The van der Waals surface area contributed by atoms with E-state index in [9.17, 15) is 5.11 Å². The van der Waals surface area contributed by atoms with E-state index in [4.69, 9.17) is 4.42 Å². The van der Waals surface area contributed by atoms with Crippen LogP contribution in [0.3, 0.4) is 0 Å². The fraction of sp³-hybridized carbons (Fsp3) is 0.556. The maximum atomic E-state index is 10.8. The van der Waals surface area contributed by atoms with Crippen molar-refractivity contribution in [2.24, 2.45) is 4.99 Å². The summed E-state index contributed by atoms with van der Waals surface area (Å²) >= 11 is 1.66. The zero-order chi connectivity index (χ0) is 18.4. The summed E-state index contributed by atoms with van der Waals surface area (Å²) in [6.07, 6.45) is 0.943. The van der Waals surface area contributed by atoms with Crippen LogP contribution in [0, 0.1) is 13.8 Å². The van der Waals surface area contributed by atoms with E-state index in [0.29, 0.717) is 19.0 Å². The van der Waals surface area contributed by atoms with E-state index < -0.39 is 5.60 Å². The van der Waals surface area contributed by atoms with Crippen molar-refractivity contribution in [2.45, 2.75) is 53.2 Å². The zero-order valence-electron chi connectivity index (χ0n) is 16.0. The van der Waals surface area contributed by atoms with Crippen LogP contribution >= 0.6 is 35.3 Å². The number of hydrogen-bond donors (Lipinski definition) is 3. The van der Waals surface area contributed by atoms with Crippen LogP contribution < -0.4 is 10.6 Å². The van der Waals surface area contributed by atoms with E-state index in [2.05, 4.69) is 27.5 Å². The lowest BCUT2D eigenvalue weighted by Crippen LogP contribution is -2.44. The second kappa shape index (κ2) is 10.3. The number of aryl methyl sites for hydroxylation is 3. The van der Waals surface area contributed by atoms with Gasteiger partial charge in [-0.3, -0.25) is 0 Å². The Morgan fingerprint density at radius 3 is 2.62 bits per heavy atom. The molecule has 26 heavy (non-hydrogen) atoms. The third kappa shape index (κ3) is 6.24. The second-order valence-electron chi connectivity index (χ2n) is 6.24. The molecule has 1 unspecified atom stereocenters. The number of guanidine groups is 1. The molecule has 1 atom stereocenters. The average molecular weight is 492 g/mol. The fourth-order valence-electron chi connectivity index (χ4n) is 2.60. The van der Waals surface area contributed by atoms with Crippen LogP contribution in [0.15, 0.2) is 20.9 Å². The lowest BCUT2D eigenvalue weighted by atomic mass is 9.96. The summed E-state index contributed by atoms with van der Waals surface area (Å²) in [4.78, 5) is 9.09. The first-order valence-electron chi connectivity index (χ1n) is 8.61. The van der Waals surface area contributed by atoms with E-state index >= 15 is 0 Å². The molecule has 0 fully saturated rings. The van der Waals surface area contributed by atoms with E-state index in [0.717, 1.165) is 40.8 Å². The Kier molecular flexibility index (Phi) is 9.05. The third-order valence-electron chi connectivity index (χ3n) is 3.87. The van der Waals surface area contributed by atoms with Crippen LogP contribution in [-0.4, -0.2) is 29.1 Å². The van der Waals surface area contributed by atoms with E-state index in [1.807, 2.05) is 32.2 Å². The van der Waals surface area contributed by atoms with Crippen LogP contribution in [0.2, 0.25) is 0 Å². The normalized spacial score (nSPS) is 13.8. The van der Waals surface area contributed by atoms with Gasteiger partial charge in [-0.05, 0) is 40.2 Å². The highest BCUT2D eigenvalue weighted by atomic mass is 127. The molecule has 0 aliphatic rings. The first kappa shape index (κ1) is 22.9. The minimum absolute atomic E-state index is 0. The van der Waals surface area contributed by atoms with Gasteiger partial charge in [-0.1, -0.05) is 6.92 Å². The molecule has 2 rings (SSSR count). The molecule has 0 saturated heterocycles. The molecule has 0 saturated carbocycles. The summed E-state index contributed by atoms with van der Waals surface area (Å²) in [5, 5.41) is 20.4. The topological polar surface area (TPSA) is 82.7 Å². The van der Waals surface area contributed by atoms with Crippen molar-refractivity contribution in [3.63, 3.8) is 0 Å². The van der Waals surface area contributed by atoms with E-state index in [1.54, 1.807) is 18.3 Å². The first-order valence-corrected chi connectivity index (χ1v) is 9.49.